The number of benzene rings is 2. The smallest absolute Gasteiger partial charge is 0.312 e. The molecule has 2 heterocycles. The third-order valence-electron chi connectivity index (χ3n) is 8.87. The van der Waals surface area contributed by atoms with Crippen molar-refractivity contribution in [3.63, 3.8) is 0 Å². The highest BCUT2D eigenvalue weighted by Crippen LogP contribution is 2.60. The molecule has 2 aliphatic heterocycles. The van der Waals surface area contributed by atoms with Gasteiger partial charge >= 0.3 is 11.9 Å². The van der Waals surface area contributed by atoms with E-state index in [4.69, 9.17) is 0 Å². The number of nitro groups is 1. The van der Waals surface area contributed by atoms with Crippen LogP contribution in [0.1, 0.15) is 50.7 Å². The average Bonchev–Trinajstić information content (AvgIpc) is 2.86. The van der Waals surface area contributed by atoms with Crippen LogP contribution in [0.15, 0.2) is 54.6 Å². The highest BCUT2D eigenvalue weighted by molar-refractivity contribution is 5.85. The first kappa shape index (κ1) is 29.5. The molecule has 0 aliphatic carbocycles. The SMILES string of the molecule is CC1NC(C)C(C(=O)O)([C@H]2CCCN(Cc3ccccc3)C2)[C@@H](c2cccc([N+](=O)[O-])c2)C1(C)C(=O)O.Cl. The molecular weight excluding hydrogens is 510 g/mol. The second-order valence-corrected chi connectivity index (χ2v) is 10.8. The summed E-state index contributed by atoms with van der Waals surface area (Å²) >= 11 is 0. The molecule has 0 radical (unpaired) electrons. The van der Waals surface area contributed by atoms with Crippen molar-refractivity contribution in [3.8, 4) is 0 Å². The summed E-state index contributed by atoms with van der Waals surface area (Å²) < 4.78 is 0. The van der Waals surface area contributed by atoms with Crippen LogP contribution >= 0.6 is 12.4 Å². The predicted octanol–water partition coefficient (Wildman–Crippen LogP) is 4.55. The number of carbonyl (C=O) groups is 2. The Labute approximate surface area is 228 Å². The fourth-order valence-corrected chi connectivity index (χ4v) is 6.93. The Morgan fingerprint density at radius 2 is 1.76 bits per heavy atom. The summed E-state index contributed by atoms with van der Waals surface area (Å²) in [7, 11) is 0. The molecule has 9 nitrogen and oxygen atoms in total. The Bertz CT molecular complexity index is 1180. The van der Waals surface area contributed by atoms with Gasteiger partial charge in [-0.25, -0.2) is 0 Å². The number of nitrogens with one attached hydrogen (secondary N) is 1. The molecule has 0 saturated carbocycles. The summed E-state index contributed by atoms with van der Waals surface area (Å²) in [5, 5.41) is 36.5. The van der Waals surface area contributed by atoms with Gasteiger partial charge in [-0.15, -0.1) is 12.4 Å². The summed E-state index contributed by atoms with van der Waals surface area (Å²) in [5.74, 6) is -3.57. The molecule has 0 spiro atoms. The number of nitrogens with zero attached hydrogens (tertiary/aromatic N) is 2. The zero-order valence-electron chi connectivity index (χ0n) is 21.9. The molecular formula is C28H36ClN3O6. The Hall–Kier alpha value is -3.01. The van der Waals surface area contributed by atoms with Crippen LogP contribution in [0, 0.1) is 26.9 Å². The monoisotopic (exact) mass is 545 g/mol. The standard InChI is InChI=1S/C28H35N3O6.ClH/c1-18-27(3,25(32)33)24(21-11-7-13-23(15-21)31(36)37)28(26(34)35,19(2)29-18)22-12-8-14-30(17-22)16-20-9-5-4-6-10-20;/h4-7,9-11,13,15,18-19,22,24,29H,8,12,14,16-17H2,1-3H3,(H,32,33)(H,34,35);1H/t18?,19?,22-,24-,27?,28?;/m0./s1. The van der Waals surface area contributed by atoms with Crippen LogP contribution < -0.4 is 5.32 Å². The lowest BCUT2D eigenvalue weighted by Crippen LogP contribution is -2.71. The van der Waals surface area contributed by atoms with E-state index in [0.717, 1.165) is 18.5 Å². The van der Waals surface area contributed by atoms with E-state index in [1.165, 1.54) is 18.2 Å². The van der Waals surface area contributed by atoms with Crippen molar-refractivity contribution >= 4 is 30.0 Å². The first-order valence-corrected chi connectivity index (χ1v) is 12.8. The van der Waals surface area contributed by atoms with Crippen molar-refractivity contribution in [2.45, 2.75) is 58.2 Å². The number of rotatable bonds is 7. The number of carboxylic acid groups (broad SMARTS) is 2. The van der Waals surface area contributed by atoms with Crippen molar-refractivity contribution in [3.05, 3.63) is 75.8 Å². The quantitative estimate of drug-likeness (QED) is 0.341. The van der Waals surface area contributed by atoms with Gasteiger partial charge in [-0.2, -0.15) is 0 Å². The number of likely N-dealkylation sites (tertiary alicyclic amines) is 1. The molecule has 6 atom stereocenters. The van der Waals surface area contributed by atoms with E-state index in [9.17, 15) is 29.9 Å². The third kappa shape index (κ3) is 4.90. The molecule has 0 aromatic heterocycles. The van der Waals surface area contributed by atoms with Crippen LogP contribution in [-0.2, 0) is 16.1 Å². The van der Waals surface area contributed by atoms with Crippen LogP contribution in [0.4, 0.5) is 5.69 Å². The summed E-state index contributed by atoms with van der Waals surface area (Å²) in [6.07, 6.45) is 1.40. The van der Waals surface area contributed by atoms with E-state index >= 15 is 0 Å². The van der Waals surface area contributed by atoms with Gasteiger partial charge in [-0.1, -0.05) is 42.5 Å². The summed E-state index contributed by atoms with van der Waals surface area (Å²) in [4.78, 5) is 39.7. The first-order chi connectivity index (χ1) is 17.5. The average molecular weight is 546 g/mol. The maximum atomic E-state index is 13.5. The Kier molecular flexibility index (Phi) is 8.86. The van der Waals surface area contributed by atoms with Gasteiger partial charge in [-0.3, -0.25) is 24.6 Å². The maximum absolute atomic E-state index is 13.5. The van der Waals surface area contributed by atoms with Gasteiger partial charge in [0.2, 0.25) is 0 Å². The maximum Gasteiger partial charge on any atom is 0.312 e. The van der Waals surface area contributed by atoms with Crippen LogP contribution in [0.5, 0.6) is 0 Å². The van der Waals surface area contributed by atoms with Crippen molar-refractivity contribution in [1.29, 1.82) is 0 Å². The molecule has 2 aromatic carbocycles. The second kappa shape index (κ2) is 11.4. The molecule has 4 unspecified atom stereocenters. The summed E-state index contributed by atoms with van der Waals surface area (Å²) in [5.41, 5.74) is -1.72. The van der Waals surface area contributed by atoms with Gasteiger partial charge < -0.3 is 15.5 Å². The minimum atomic E-state index is -1.53. The normalized spacial score (nSPS) is 31.7. The Morgan fingerprint density at radius 1 is 1.08 bits per heavy atom. The molecule has 2 aromatic rings. The van der Waals surface area contributed by atoms with E-state index in [1.807, 2.05) is 37.3 Å². The van der Waals surface area contributed by atoms with E-state index in [1.54, 1.807) is 19.9 Å². The molecule has 0 amide bonds. The van der Waals surface area contributed by atoms with E-state index in [0.29, 0.717) is 25.1 Å². The fraction of sp³-hybridized carbons (Fsp3) is 0.500. The number of hydrogen-bond acceptors (Lipinski definition) is 6. The molecule has 206 valence electrons. The topological polar surface area (TPSA) is 133 Å². The van der Waals surface area contributed by atoms with E-state index in [-0.39, 0.29) is 24.0 Å². The lowest BCUT2D eigenvalue weighted by molar-refractivity contribution is -0.385. The number of hydrogen-bond donors (Lipinski definition) is 3. The third-order valence-corrected chi connectivity index (χ3v) is 8.87. The van der Waals surface area contributed by atoms with Crippen molar-refractivity contribution in [2.24, 2.45) is 16.7 Å². The number of halogens is 1. The number of piperidine rings is 2. The largest absolute Gasteiger partial charge is 0.481 e. The zero-order valence-corrected chi connectivity index (χ0v) is 22.7. The zero-order chi connectivity index (χ0) is 27.0. The Balaban J connectivity index is 0.00000400. The van der Waals surface area contributed by atoms with Crippen LogP contribution in [0.2, 0.25) is 0 Å². The number of aliphatic carboxylic acids is 2. The van der Waals surface area contributed by atoms with Gasteiger partial charge in [0.05, 0.1) is 15.8 Å². The van der Waals surface area contributed by atoms with Crippen molar-refractivity contribution in [1.82, 2.24) is 10.2 Å². The van der Waals surface area contributed by atoms with Gasteiger partial charge in [0.15, 0.2) is 0 Å². The molecule has 38 heavy (non-hydrogen) atoms. The molecule has 3 N–H and O–H groups in total. The van der Waals surface area contributed by atoms with Gasteiger partial charge in [0.1, 0.15) is 0 Å². The van der Waals surface area contributed by atoms with Crippen LogP contribution in [-0.4, -0.2) is 57.1 Å². The van der Waals surface area contributed by atoms with Gasteiger partial charge in [0.25, 0.3) is 5.69 Å². The first-order valence-electron chi connectivity index (χ1n) is 12.8. The van der Waals surface area contributed by atoms with Gasteiger partial charge in [0, 0.05) is 43.2 Å². The number of non-ortho nitro benzene ring substituents is 1. The second-order valence-electron chi connectivity index (χ2n) is 10.8. The van der Waals surface area contributed by atoms with E-state index in [2.05, 4.69) is 10.2 Å². The molecule has 10 heteroatoms. The van der Waals surface area contributed by atoms with Crippen molar-refractivity contribution < 1.29 is 24.7 Å². The summed E-state index contributed by atoms with van der Waals surface area (Å²) in [6, 6.07) is 14.7. The lowest BCUT2D eigenvalue weighted by Gasteiger charge is -2.59. The molecule has 2 saturated heterocycles. The highest BCUT2D eigenvalue weighted by Gasteiger charge is 2.67. The Morgan fingerprint density at radius 3 is 2.37 bits per heavy atom. The minimum absolute atomic E-state index is 0. The lowest BCUT2D eigenvalue weighted by atomic mass is 9.48. The highest BCUT2D eigenvalue weighted by atomic mass is 35.5. The molecule has 2 aliphatic rings. The fourth-order valence-electron chi connectivity index (χ4n) is 6.93. The van der Waals surface area contributed by atoms with E-state index < -0.39 is 45.7 Å². The summed E-state index contributed by atoms with van der Waals surface area (Å²) in [6.45, 7) is 7.11. The molecule has 4 rings (SSSR count). The molecule has 2 fully saturated rings. The number of nitro benzene ring substituents is 1. The minimum Gasteiger partial charge on any atom is -0.481 e. The van der Waals surface area contributed by atoms with Crippen LogP contribution in [0.3, 0.4) is 0 Å². The molecule has 0 bridgehead atoms. The number of carboxylic acids is 2. The van der Waals surface area contributed by atoms with Gasteiger partial charge in [-0.05, 0) is 57.2 Å². The predicted molar refractivity (Wildman–Crippen MR) is 145 cm³/mol. The van der Waals surface area contributed by atoms with Crippen molar-refractivity contribution in [2.75, 3.05) is 13.1 Å². The van der Waals surface area contributed by atoms with Crippen LogP contribution in [0.25, 0.3) is 0 Å².